The smallest absolute Gasteiger partial charge is 0.241 e. The lowest BCUT2D eigenvalue weighted by Gasteiger charge is -2.28. The summed E-state index contributed by atoms with van der Waals surface area (Å²) in [5, 5.41) is 9.63. The van der Waals surface area contributed by atoms with Crippen LogP contribution in [0.1, 0.15) is 44.9 Å². The summed E-state index contributed by atoms with van der Waals surface area (Å²) in [6.45, 7) is 0.703. The van der Waals surface area contributed by atoms with Gasteiger partial charge in [-0.2, -0.15) is 0 Å². The van der Waals surface area contributed by atoms with Crippen molar-refractivity contribution in [2.75, 3.05) is 17.3 Å². The van der Waals surface area contributed by atoms with Crippen LogP contribution in [0, 0.1) is 5.92 Å². The molecule has 2 rings (SSSR count). The van der Waals surface area contributed by atoms with E-state index in [0.717, 1.165) is 5.69 Å². The summed E-state index contributed by atoms with van der Waals surface area (Å²) in [5.41, 5.74) is 0.739. The monoisotopic (exact) mass is 309 g/mol. The molecule has 0 bridgehead atoms. The van der Waals surface area contributed by atoms with Crippen molar-refractivity contribution < 1.29 is 9.90 Å². The first kappa shape index (κ1) is 16.2. The fourth-order valence-electron chi connectivity index (χ4n) is 3.07. The minimum Gasteiger partial charge on any atom is -0.508 e. The summed E-state index contributed by atoms with van der Waals surface area (Å²) in [6.07, 6.45) is 8.76. The van der Waals surface area contributed by atoms with Gasteiger partial charge in [0, 0.05) is 18.3 Å². The van der Waals surface area contributed by atoms with E-state index in [1.54, 1.807) is 23.1 Å². The molecule has 1 aliphatic carbocycles. The molecule has 0 spiro atoms. The molecule has 3 nitrogen and oxygen atoms in total. The SMILES string of the molecule is O=C(CCl)N(CC1CCCCCCC1)c1cccc(O)c1. The van der Waals surface area contributed by atoms with Gasteiger partial charge in [-0.25, -0.2) is 0 Å². The van der Waals surface area contributed by atoms with Crippen molar-refractivity contribution >= 4 is 23.2 Å². The number of hydrogen-bond acceptors (Lipinski definition) is 2. The van der Waals surface area contributed by atoms with Gasteiger partial charge in [0.2, 0.25) is 5.91 Å². The van der Waals surface area contributed by atoms with E-state index < -0.39 is 0 Å². The Kier molecular flexibility index (Phi) is 6.37. The second-order valence-corrected chi connectivity index (χ2v) is 6.14. The molecule has 0 unspecified atom stereocenters. The molecule has 0 radical (unpaired) electrons. The number of hydrogen-bond donors (Lipinski definition) is 1. The number of carbonyl (C=O) groups excluding carboxylic acids is 1. The molecule has 0 heterocycles. The number of alkyl halides is 1. The van der Waals surface area contributed by atoms with Crippen molar-refractivity contribution in [3.8, 4) is 5.75 Å². The molecule has 0 saturated heterocycles. The van der Waals surface area contributed by atoms with E-state index in [1.807, 2.05) is 6.07 Å². The largest absolute Gasteiger partial charge is 0.508 e. The summed E-state index contributed by atoms with van der Waals surface area (Å²) >= 11 is 5.76. The Bertz CT molecular complexity index is 456. The van der Waals surface area contributed by atoms with Gasteiger partial charge < -0.3 is 10.0 Å². The number of halogens is 1. The summed E-state index contributed by atoms with van der Waals surface area (Å²) in [6, 6.07) is 6.86. The van der Waals surface area contributed by atoms with Gasteiger partial charge in [-0.1, -0.05) is 38.2 Å². The summed E-state index contributed by atoms with van der Waals surface area (Å²) in [4.78, 5) is 13.9. The molecule has 1 aliphatic rings. The molecule has 0 aliphatic heterocycles. The molecule has 1 aromatic rings. The van der Waals surface area contributed by atoms with Crippen molar-refractivity contribution in [1.82, 2.24) is 0 Å². The molecule has 0 atom stereocenters. The van der Waals surface area contributed by atoms with Crippen LogP contribution in [-0.4, -0.2) is 23.4 Å². The Labute approximate surface area is 131 Å². The van der Waals surface area contributed by atoms with E-state index in [1.165, 1.54) is 44.9 Å². The van der Waals surface area contributed by atoms with Crippen molar-refractivity contribution in [2.45, 2.75) is 44.9 Å². The third-order valence-corrected chi connectivity index (χ3v) is 4.45. The number of benzene rings is 1. The number of phenolic OH excluding ortho intramolecular Hbond substituents is 1. The van der Waals surface area contributed by atoms with Crippen molar-refractivity contribution in [2.24, 2.45) is 5.92 Å². The van der Waals surface area contributed by atoms with Crippen LogP contribution in [0.2, 0.25) is 0 Å². The van der Waals surface area contributed by atoms with Crippen LogP contribution in [0.15, 0.2) is 24.3 Å². The van der Waals surface area contributed by atoms with Crippen LogP contribution in [0.4, 0.5) is 5.69 Å². The maximum Gasteiger partial charge on any atom is 0.241 e. The number of aromatic hydroxyl groups is 1. The highest BCUT2D eigenvalue weighted by Crippen LogP contribution is 2.27. The molecule has 1 aromatic carbocycles. The molecule has 1 amide bonds. The summed E-state index contributed by atoms with van der Waals surface area (Å²) in [7, 11) is 0. The van der Waals surface area contributed by atoms with Gasteiger partial charge in [-0.05, 0) is 30.9 Å². The molecule has 4 heteroatoms. The van der Waals surface area contributed by atoms with Gasteiger partial charge in [-0.3, -0.25) is 4.79 Å². The highest BCUT2D eigenvalue weighted by atomic mass is 35.5. The molecule has 116 valence electrons. The molecule has 0 aromatic heterocycles. The van der Waals surface area contributed by atoms with Crippen molar-refractivity contribution in [3.05, 3.63) is 24.3 Å². The van der Waals surface area contributed by atoms with Gasteiger partial charge >= 0.3 is 0 Å². The zero-order chi connectivity index (χ0) is 15.1. The molecular formula is C17H24ClNO2. The highest BCUT2D eigenvalue weighted by Gasteiger charge is 2.21. The predicted molar refractivity (Wildman–Crippen MR) is 87.0 cm³/mol. The Morgan fingerprint density at radius 2 is 1.86 bits per heavy atom. The van der Waals surface area contributed by atoms with Crippen molar-refractivity contribution in [1.29, 1.82) is 0 Å². The minimum absolute atomic E-state index is 0.0254. The van der Waals surface area contributed by atoms with E-state index in [9.17, 15) is 9.90 Å². The van der Waals surface area contributed by atoms with Crippen LogP contribution < -0.4 is 4.90 Å². The van der Waals surface area contributed by atoms with Crippen LogP contribution in [0.25, 0.3) is 0 Å². The standard InChI is InChI=1S/C17H24ClNO2/c18-12-17(21)19(15-9-6-10-16(20)11-15)13-14-7-4-2-1-3-5-8-14/h6,9-11,14,20H,1-5,7-8,12-13H2. The van der Waals surface area contributed by atoms with Crippen LogP contribution in [0.3, 0.4) is 0 Å². The first-order valence-corrected chi connectivity index (χ1v) is 8.39. The predicted octanol–water partition coefficient (Wildman–Crippen LogP) is 4.32. The van der Waals surface area contributed by atoms with Crippen LogP contribution >= 0.6 is 11.6 Å². The fourth-order valence-corrected chi connectivity index (χ4v) is 3.21. The summed E-state index contributed by atoms with van der Waals surface area (Å²) < 4.78 is 0. The normalized spacial score (nSPS) is 17.0. The number of nitrogens with zero attached hydrogens (tertiary/aromatic N) is 1. The number of carbonyl (C=O) groups is 1. The molecule has 1 saturated carbocycles. The Morgan fingerprint density at radius 3 is 2.48 bits per heavy atom. The molecule has 1 fully saturated rings. The minimum atomic E-state index is -0.0932. The van der Waals surface area contributed by atoms with E-state index in [0.29, 0.717) is 12.5 Å². The summed E-state index contributed by atoms with van der Waals surface area (Å²) in [5.74, 6) is 0.587. The molecular weight excluding hydrogens is 286 g/mol. The van der Waals surface area contributed by atoms with E-state index in [4.69, 9.17) is 11.6 Å². The lowest BCUT2D eigenvalue weighted by Crippen LogP contribution is -2.36. The zero-order valence-corrected chi connectivity index (χ0v) is 13.2. The van der Waals surface area contributed by atoms with Gasteiger partial charge in [0.15, 0.2) is 0 Å². The second-order valence-electron chi connectivity index (χ2n) is 5.87. The number of anilines is 1. The second kappa shape index (κ2) is 8.28. The van der Waals surface area contributed by atoms with Crippen LogP contribution in [0.5, 0.6) is 5.75 Å². The Hall–Kier alpha value is -1.22. The van der Waals surface area contributed by atoms with E-state index in [2.05, 4.69) is 0 Å². The molecule has 1 N–H and O–H groups in total. The average Bonchev–Trinajstić information content (AvgIpc) is 2.45. The van der Waals surface area contributed by atoms with Gasteiger partial charge in [0.05, 0.1) is 0 Å². The van der Waals surface area contributed by atoms with E-state index >= 15 is 0 Å². The Morgan fingerprint density at radius 1 is 1.19 bits per heavy atom. The van der Waals surface area contributed by atoms with Crippen molar-refractivity contribution in [3.63, 3.8) is 0 Å². The van der Waals surface area contributed by atoms with Crippen LogP contribution in [-0.2, 0) is 4.79 Å². The maximum atomic E-state index is 12.2. The fraction of sp³-hybridized carbons (Fsp3) is 0.588. The number of phenols is 1. The first-order valence-electron chi connectivity index (χ1n) is 7.86. The third-order valence-electron chi connectivity index (χ3n) is 4.22. The lowest BCUT2D eigenvalue weighted by atomic mass is 9.90. The maximum absolute atomic E-state index is 12.2. The third kappa shape index (κ3) is 4.92. The number of amides is 1. The van der Waals surface area contributed by atoms with E-state index in [-0.39, 0.29) is 17.5 Å². The topological polar surface area (TPSA) is 40.5 Å². The Balaban J connectivity index is 2.10. The van der Waals surface area contributed by atoms with Gasteiger partial charge in [0.25, 0.3) is 0 Å². The zero-order valence-electron chi connectivity index (χ0n) is 12.4. The highest BCUT2D eigenvalue weighted by molar-refractivity contribution is 6.29. The van der Waals surface area contributed by atoms with Gasteiger partial charge in [-0.15, -0.1) is 11.6 Å². The lowest BCUT2D eigenvalue weighted by molar-refractivity contribution is -0.116. The first-order chi connectivity index (χ1) is 10.2. The number of rotatable bonds is 4. The average molecular weight is 310 g/mol. The quantitative estimate of drug-likeness (QED) is 0.841. The van der Waals surface area contributed by atoms with Gasteiger partial charge in [0.1, 0.15) is 11.6 Å². The molecule has 21 heavy (non-hydrogen) atoms.